The Morgan fingerprint density at radius 1 is 1.14 bits per heavy atom. The molecule has 2 aromatic carbocycles. The first-order valence-electron chi connectivity index (χ1n) is 6.88. The van der Waals surface area contributed by atoms with Gasteiger partial charge < -0.3 is 10.1 Å². The van der Waals surface area contributed by atoms with Gasteiger partial charge in [0.15, 0.2) is 6.10 Å². The Kier molecular flexibility index (Phi) is 5.23. The van der Waals surface area contributed by atoms with Gasteiger partial charge in [0, 0.05) is 10.7 Å². The van der Waals surface area contributed by atoms with Crippen molar-refractivity contribution in [3.63, 3.8) is 0 Å². The van der Waals surface area contributed by atoms with E-state index in [1.165, 1.54) is 0 Å². The van der Waals surface area contributed by atoms with E-state index in [9.17, 15) is 4.79 Å². The fourth-order valence-corrected chi connectivity index (χ4v) is 1.99. The van der Waals surface area contributed by atoms with E-state index in [1.807, 2.05) is 38.1 Å². The molecule has 0 aromatic heterocycles. The molecule has 0 saturated heterocycles. The predicted molar refractivity (Wildman–Crippen MR) is 86.0 cm³/mol. The smallest absolute Gasteiger partial charge is 0.265 e. The standard InChI is InChI=1S/C17H18ClNO2/c1-3-16(21-15-10-6-13(18)7-11-15)17(20)19-14-8-4-12(2)5-9-14/h4-11,16H,3H2,1-2H3,(H,19,20). The third-order valence-corrected chi connectivity index (χ3v) is 3.33. The first-order chi connectivity index (χ1) is 10.1. The number of aryl methyl sites for hydroxylation is 1. The van der Waals surface area contributed by atoms with Crippen molar-refractivity contribution in [2.24, 2.45) is 0 Å². The second kappa shape index (κ2) is 7.14. The highest BCUT2D eigenvalue weighted by molar-refractivity contribution is 6.30. The average Bonchev–Trinajstić information content (AvgIpc) is 2.49. The molecule has 3 nitrogen and oxygen atoms in total. The van der Waals surface area contributed by atoms with Crippen molar-refractivity contribution in [1.82, 2.24) is 0 Å². The minimum atomic E-state index is -0.535. The van der Waals surface area contributed by atoms with E-state index >= 15 is 0 Å². The van der Waals surface area contributed by atoms with Gasteiger partial charge in [-0.05, 0) is 49.7 Å². The molecule has 4 heteroatoms. The second-order valence-electron chi connectivity index (χ2n) is 4.82. The topological polar surface area (TPSA) is 38.3 Å². The Hall–Kier alpha value is -2.00. The van der Waals surface area contributed by atoms with E-state index in [4.69, 9.17) is 16.3 Å². The lowest BCUT2D eigenvalue weighted by atomic mass is 10.2. The van der Waals surface area contributed by atoms with E-state index in [1.54, 1.807) is 24.3 Å². The summed E-state index contributed by atoms with van der Waals surface area (Å²) in [7, 11) is 0. The molecule has 0 saturated carbocycles. The molecule has 0 bridgehead atoms. The quantitative estimate of drug-likeness (QED) is 0.886. The van der Waals surface area contributed by atoms with Gasteiger partial charge in [0.2, 0.25) is 0 Å². The minimum Gasteiger partial charge on any atom is -0.481 e. The molecular formula is C17H18ClNO2. The van der Waals surface area contributed by atoms with Crippen LogP contribution in [-0.4, -0.2) is 12.0 Å². The molecule has 1 amide bonds. The zero-order valence-electron chi connectivity index (χ0n) is 12.1. The average molecular weight is 304 g/mol. The Balaban J connectivity index is 2.01. The first kappa shape index (κ1) is 15.4. The monoisotopic (exact) mass is 303 g/mol. The zero-order chi connectivity index (χ0) is 15.2. The summed E-state index contributed by atoms with van der Waals surface area (Å²) in [6.07, 6.45) is 0.0489. The Labute approximate surface area is 129 Å². The van der Waals surface area contributed by atoms with Crippen LogP contribution in [0.5, 0.6) is 5.75 Å². The maximum atomic E-state index is 12.2. The molecule has 1 unspecified atom stereocenters. The van der Waals surface area contributed by atoms with Crippen LogP contribution >= 0.6 is 11.6 Å². The molecule has 1 N–H and O–H groups in total. The van der Waals surface area contributed by atoms with Gasteiger partial charge in [0.25, 0.3) is 5.91 Å². The fourth-order valence-electron chi connectivity index (χ4n) is 1.86. The van der Waals surface area contributed by atoms with Gasteiger partial charge in [-0.25, -0.2) is 0 Å². The number of ether oxygens (including phenoxy) is 1. The predicted octanol–water partition coefficient (Wildman–Crippen LogP) is 4.44. The van der Waals surface area contributed by atoms with Gasteiger partial charge in [-0.1, -0.05) is 36.2 Å². The number of amides is 1. The maximum absolute atomic E-state index is 12.2. The molecular weight excluding hydrogens is 286 g/mol. The van der Waals surface area contributed by atoms with Crippen molar-refractivity contribution in [3.8, 4) is 5.75 Å². The van der Waals surface area contributed by atoms with Crippen LogP contribution in [0.2, 0.25) is 5.02 Å². The summed E-state index contributed by atoms with van der Waals surface area (Å²) < 4.78 is 5.71. The number of benzene rings is 2. The van der Waals surface area contributed by atoms with E-state index in [-0.39, 0.29) is 5.91 Å². The van der Waals surface area contributed by atoms with E-state index in [0.29, 0.717) is 17.2 Å². The molecule has 0 radical (unpaired) electrons. The number of hydrogen-bond donors (Lipinski definition) is 1. The molecule has 0 aliphatic rings. The molecule has 0 aliphatic carbocycles. The van der Waals surface area contributed by atoms with Crippen LogP contribution in [0.3, 0.4) is 0 Å². The van der Waals surface area contributed by atoms with E-state index in [0.717, 1.165) is 11.3 Å². The number of carbonyl (C=O) groups excluding carboxylic acids is 1. The summed E-state index contributed by atoms with van der Waals surface area (Å²) in [5.41, 5.74) is 1.92. The molecule has 0 aliphatic heterocycles. The number of nitrogens with one attached hydrogen (secondary N) is 1. The summed E-state index contributed by atoms with van der Waals surface area (Å²) in [6, 6.07) is 14.6. The van der Waals surface area contributed by atoms with Crippen molar-refractivity contribution in [3.05, 3.63) is 59.1 Å². The molecule has 1 atom stereocenters. The Bertz CT molecular complexity index is 593. The minimum absolute atomic E-state index is 0.156. The van der Waals surface area contributed by atoms with Crippen molar-refractivity contribution in [2.45, 2.75) is 26.4 Å². The van der Waals surface area contributed by atoms with E-state index < -0.39 is 6.10 Å². The molecule has 0 fully saturated rings. The molecule has 110 valence electrons. The van der Waals surface area contributed by atoms with Crippen LogP contribution in [0.4, 0.5) is 5.69 Å². The highest BCUT2D eigenvalue weighted by atomic mass is 35.5. The van der Waals surface area contributed by atoms with Crippen LogP contribution in [0.15, 0.2) is 48.5 Å². The molecule has 2 rings (SSSR count). The Morgan fingerprint density at radius 3 is 2.33 bits per heavy atom. The van der Waals surface area contributed by atoms with Crippen molar-refractivity contribution < 1.29 is 9.53 Å². The van der Waals surface area contributed by atoms with Crippen LogP contribution < -0.4 is 10.1 Å². The van der Waals surface area contributed by atoms with Gasteiger partial charge in [0.1, 0.15) is 5.75 Å². The second-order valence-corrected chi connectivity index (χ2v) is 5.26. The number of hydrogen-bond acceptors (Lipinski definition) is 2. The Morgan fingerprint density at radius 2 is 1.76 bits per heavy atom. The number of carbonyl (C=O) groups is 1. The van der Waals surface area contributed by atoms with Crippen molar-refractivity contribution in [2.75, 3.05) is 5.32 Å². The van der Waals surface area contributed by atoms with Crippen LogP contribution in [0, 0.1) is 6.92 Å². The lowest BCUT2D eigenvalue weighted by molar-refractivity contribution is -0.122. The molecule has 0 spiro atoms. The summed E-state index contributed by atoms with van der Waals surface area (Å²) >= 11 is 5.83. The highest BCUT2D eigenvalue weighted by Gasteiger charge is 2.18. The summed E-state index contributed by atoms with van der Waals surface area (Å²) in [4.78, 5) is 12.2. The zero-order valence-corrected chi connectivity index (χ0v) is 12.9. The molecule has 0 heterocycles. The third kappa shape index (κ3) is 4.50. The lowest BCUT2D eigenvalue weighted by Crippen LogP contribution is -2.32. The number of halogens is 1. The number of rotatable bonds is 5. The third-order valence-electron chi connectivity index (χ3n) is 3.07. The summed E-state index contributed by atoms with van der Waals surface area (Å²) in [6.45, 7) is 3.92. The SMILES string of the molecule is CCC(Oc1ccc(Cl)cc1)C(=O)Nc1ccc(C)cc1. The van der Waals surface area contributed by atoms with Gasteiger partial charge in [-0.3, -0.25) is 4.79 Å². The van der Waals surface area contributed by atoms with Crippen LogP contribution in [0.25, 0.3) is 0 Å². The fraction of sp³-hybridized carbons (Fsp3) is 0.235. The van der Waals surface area contributed by atoms with Crippen LogP contribution in [0.1, 0.15) is 18.9 Å². The lowest BCUT2D eigenvalue weighted by Gasteiger charge is -2.17. The van der Waals surface area contributed by atoms with Crippen molar-refractivity contribution in [1.29, 1.82) is 0 Å². The highest BCUT2D eigenvalue weighted by Crippen LogP contribution is 2.18. The molecule has 2 aromatic rings. The van der Waals surface area contributed by atoms with Gasteiger partial charge in [0.05, 0.1) is 0 Å². The first-order valence-corrected chi connectivity index (χ1v) is 7.26. The molecule has 21 heavy (non-hydrogen) atoms. The number of anilines is 1. The summed E-state index contributed by atoms with van der Waals surface area (Å²) in [5.74, 6) is 0.474. The summed E-state index contributed by atoms with van der Waals surface area (Å²) in [5, 5.41) is 3.50. The van der Waals surface area contributed by atoms with Crippen molar-refractivity contribution >= 4 is 23.2 Å². The van der Waals surface area contributed by atoms with Gasteiger partial charge in [-0.2, -0.15) is 0 Å². The van der Waals surface area contributed by atoms with E-state index in [2.05, 4.69) is 5.32 Å². The maximum Gasteiger partial charge on any atom is 0.265 e. The largest absolute Gasteiger partial charge is 0.481 e. The van der Waals surface area contributed by atoms with Gasteiger partial charge in [-0.15, -0.1) is 0 Å². The normalized spacial score (nSPS) is 11.8. The van der Waals surface area contributed by atoms with Crippen LogP contribution in [-0.2, 0) is 4.79 Å². The van der Waals surface area contributed by atoms with Gasteiger partial charge >= 0.3 is 0 Å².